The van der Waals surface area contributed by atoms with E-state index in [0.29, 0.717) is 5.56 Å². The molecule has 4 rings (SSSR count). The first-order valence-electron chi connectivity index (χ1n) is 13.0. The maximum atomic E-state index is 13.6. The Hall–Kier alpha value is -4.37. The minimum Gasteiger partial charge on any atom is -0.378 e. The molecule has 0 radical (unpaired) electrons. The number of alkyl halides is 6. The molecule has 0 aliphatic carbocycles. The van der Waals surface area contributed by atoms with Gasteiger partial charge in [-0.25, -0.2) is 0 Å². The number of carbonyl (C=O) groups is 3. The van der Waals surface area contributed by atoms with Crippen molar-refractivity contribution in [2.75, 3.05) is 29.6 Å². The van der Waals surface area contributed by atoms with Crippen molar-refractivity contribution in [2.24, 2.45) is 0 Å². The van der Waals surface area contributed by atoms with Crippen molar-refractivity contribution in [1.29, 1.82) is 0 Å². The zero-order chi connectivity index (χ0) is 33.1. The number of anilines is 3. The highest BCUT2D eigenvalue weighted by Gasteiger charge is 2.43. The van der Waals surface area contributed by atoms with Crippen LogP contribution < -0.4 is 15.5 Å². The fourth-order valence-corrected chi connectivity index (χ4v) is 5.70. The Morgan fingerprint density at radius 2 is 1.38 bits per heavy atom. The molecule has 0 aromatic heterocycles. The van der Waals surface area contributed by atoms with Gasteiger partial charge in [0.15, 0.2) is 0 Å². The molecule has 3 amide bonds. The topological polar surface area (TPSA) is 81.8 Å². The lowest BCUT2D eigenvalue weighted by Crippen LogP contribution is -2.48. The fraction of sp³-hybridized carbons (Fsp3) is 0.200. The van der Waals surface area contributed by atoms with Gasteiger partial charge in [0.25, 0.3) is 5.91 Å². The predicted octanol–water partition coefficient (Wildman–Crippen LogP) is 7.03. The highest BCUT2D eigenvalue weighted by Crippen LogP contribution is 2.38. The summed E-state index contributed by atoms with van der Waals surface area (Å²) in [5, 5.41) is 4.21. The number of para-hydroxylation sites is 2. The van der Waals surface area contributed by atoms with Gasteiger partial charge in [-0.15, -0.1) is 0 Å². The Balaban J connectivity index is 1.67. The maximum Gasteiger partial charge on any atom is 0.418 e. The average Bonchev–Trinajstić information content (AvgIpc) is 3.23. The lowest BCUT2D eigenvalue weighted by molar-refractivity contribution is -0.138. The van der Waals surface area contributed by atoms with E-state index < -0.39 is 65.0 Å². The van der Waals surface area contributed by atoms with Crippen LogP contribution in [0, 0.1) is 0 Å². The van der Waals surface area contributed by atoms with Crippen LogP contribution in [0.2, 0.25) is 0 Å². The number of nitrogens with one attached hydrogen (secondary N) is 2. The first kappa shape index (κ1) is 33.5. The van der Waals surface area contributed by atoms with Crippen molar-refractivity contribution in [3.05, 3.63) is 94.4 Å². The Labute approximate surface area is 263 Å². The van der Waals surface area contributed by atoms with Crippen LogP contribution in [0.4, 0.5) is 43.4 Å². The van der Waals surface area contributed by atoms with Gasteiger partial charge in [0.1, 0.15) is 10.4 Å². The number of carbonyl (C=O) groups excluding carboxylic acids is 3. The number of thioether (sulfide) groups is 1. The van der Waals surface area contributed by atoms with Gasteiger partial charge in [0.2, 0.25) is 11.8 Å². The zero-order valence-corrected chi connectivity index (χ0v) is 25.1. The Bertz CT molecular complexity index is 1660. The molecular formula is C30H24F6N4O3S2. The van der Waals surface area contributed by atoms with Crippen molar-refractivity contribution < 1.29 is 40.7 Å². The van der Waals surface area contributed by atoms with Crippen LogP contribution in [0.5, 0.6) is 0 Å². The SMILES string of the molecule is CN(C)c1ccc(/C=C2\SC(=S)N([C@@H](CC(=O)Nc3ccccc3C(F)(F)F)C(=O)Nc3ccccc3C(F)(F)F)C2=O)cc1. The third-order valence-corrected chi connectivity index (χ3v) is 7.85. The lowest BCUT2D eigenvalue weighted by Gasteiger charge is -2.26. The van der Waals surface area contributed by atoms with Crippen LogP contribution in [0.3, 0.4) is 0 Å². The number of nitrogens with zero attached hydrogens (tertiary/aromatic N) is 2. The number of hydrogen-bond donors (Lipinski definition) is 2. The standard InChI is InChI=1S/C30H24F6N4O3S2/c1-39(2)18-13-11-17(12-14-18)15-24-27(43)40(28(44)45-24)23(26(42)38-22-10-6-4-8-20(22)30(34,35)36)16-25(41)37-21-9-5-3-7-19(21)29(31,32)33/h3-15,23H,16H2,1-2H3,(H,37,41)(H,38,42)/b24-15-/t23-/m0/s1. The van der Waals surface area contributed by atoms with Crippen LogP contribution in [0.15, 0.2) is 77.7 Å². The normalized spacial score (nSPS) is 15.3. The van der Waals surface area contributed by atoms with Gasteiger partial charge in [-0.1, -0.05) is 60.4 Å². The number of halogens is 6. The van der Waals surface area contributed by atoms with E-state index >= 15 is 0 Å². The number of thiocarbonyl (C=S) groups is 1. The molecule has 2 N–H and O–H groups in total. The van der Waals surface area contributed by atoms with Gasteiger partial charge in [-0.3, -0.25) is 19.3 Å². The van der Waals surface area contributed by atoms with Gasteiger partial charge in [-0.2, -0.15) is 26.3 Å². The van der Waals surface area contributed by atoms with E-state index in [0.717, 1.165) is 58.7 Å². The largest absolute Gasteiger partial charge is 0.418 e. The Morgan fingerprint density at radius 1 is 0.867 bits per heavy atom. The van der Waals surface area contributed by atoms with Gasteiger partial charge in [0, 0.05) is 19.8 Å². The summed E-state index contributed by atoms with van der Waals surface area (Å²) in [6.07, 6.45) is -9.12. The molecule has 0 saturated carbocycles. The summed E-state index contributed by atoms with van der Waals surface area (Å²) in [5.74, 6) is -3.14. The van der Waals surface area contributed by atoms with Gasteiger partial charge >= 0.3 is 12.4 Å². The van der Waals surface area contributed by atoms with Gasteiger partial charge in [0.05, 0.1) is 33.8 Å². The molecule has 1 saturated heterocycles. The molecule has 236 valence electrons. The van der Waals surface area contributed by atoms with Crippen LogP contribution >= 0.6 is 24.0 Å². The summed E-state index contributed by atoms with van der Waals surface area (Å²) in [6, 6.07) is 13.4. The predicted molar refractivity (Wildman–Crippen MR) is 164 cm³/mol. The van der Waals surface area contributed by atoms with Crippen LogP contribution in [0.1, 0.15) is 23.1 Å². The van der Waals surface area contributed by atoms with E-state index in [-0.39, 0.29) is 9.23 Å². The minimum absolute atomic E-state index is 0.0638. The fourth-order valence-electron chi connectivity index (χ4n) is 4.34. The summed E-state index contributed by atoms with van der Waals surface area (Å²) < 4.78 is 81.2. The molecule has 0 bridgehead atoms. The second-order valence-corrected chi connectivity index (χ2v) is 11.6. The van der Waals surface area contributed by atoms with Crippen LogP contribution in [0.25, 0.3) is 6.08 Å². The van der Waals surface area contributed by atoms with E-state index in [1.807, 2.05) is 19.0 Å². The van der Waals surface area contributed by atoms with Crippen molar-refractivity contribution in [1.82, 2.24) is 4.90 Å². The third-order valence-electron chi connectivity index (χ3n) is 6.52. The molecule has 1 heterocycles. The summed E-state index contributed by atoms with van der Waals surface area (Å²) in [4.78, 5) is 42.8. The second-order valence-electron chi connectivity index (χ2n) is 9.88. The van der Waals surface area contributed by atoms with E-state index in [9.17, 15) is 40.7 Å². The maximum absolute atomic E-state index is 13.6. The van der Waals surface area contributed by atoms with Crippen LogP contribution in [-0.2, 0) is 26.7 Å². The number of amides is 3. The molecule has 1 fully saturated rings. The van der Waals surface area contributed by atoms with Crippen molar-refractivity contribution in [3.63, 3.8) is 0 Å². The second kappa shape index (κ2) is 13.3. The number of benzene rings is 3. The van der Waals surface area contributed by atoms with Crippen molar-refractivity contribution in [2.45, 2.75) is 24.8 Å². The lowest BCUT2D eigenvalue weighted by atomic mass is 10.1. The smallest absolute Gasteiger partial charge is 0.378 e. The molecule has 7 nitrogen and oxygen atoms in total. The molecule has 1 atom stereocenters. The van der Waals surface area contributed by atoms with E-state index in [1.165, 1.54) is 18.2 Å². The summed E-state index contributed by atoms with van der Waals surface area (Å²) in [7, 11) is 3.69. The Morgan fingerprint density at radius 3 is 1.89 bits per heavy atom. The molecular weight excluding hydrogens is 642 g/mol. The number of hydrogen-bond acceptors (Lipinski definition) is 6. The van der Waals surface area contributed by atoms with E-state index in [2.05, 4.69) is 10.6 Å². The average molecular weight is 667 g/mol. The molecule has 3 aromatic rings. The molecule has 15 heteroatoms. The number of rotatable bonds is 8. The third kappa shape index (κ3) is 8.02. The van der Waals surface area contributed by atoms with Crippen LogP contribution in [-0.4, -0.2) is 47.1 Å². The molecule has 45 heavy (non-hydrogen) atoms. The molecule has 1 aliphatic heterocycles. The van der Waals surface area contributed by atoms with E-state index in [1.54, 1.807) is 24.3 Å². The Kier molecular flexibility index (Phi) is 9.92. The summed E-state index contributed by atoms with van der Waals surface area (Å²) >= 11 is 6.14. The quantitative estimate of drug-likeness (QED) is 0.153. The molecule has 0 unspecified atom stereocenters. The van der Waals surface area contributed by atoms with Gasteiger partial charge in [-0.05, 0) is 48.0 Å². The zero-order valence-electron chi connectivity index (χ0n) is 23.5. The highest BCUT2D eigenvalue weighted by molar-refractivity contribution is 8.26. The van der Waals surface area contributed by atoms with Crippen molar-refractivity contribution in [3.8, 4) is 0 Å². The minimum atomic E-state index is -4.86. The first-order chi connectivity index (χ1) is 21.1. The molecule has 0 spiro atoms. The van der Waals surface area contributed by atoms with Gasteiger partial charge < -0.3 is 15.5 Å². The monoisotopic (exact) mass is 666 g/mol. The molecule has 1 aliphatic rings. The summed E-state index contributed by atoms with van der Waals surface area (Å²) in [5.41, 5.74) is -2.12. The van der Waals surface area contributed by atoms with Crippen molar-refractivity contribution >= 4 is 69.2 Å². The summed E-state index contributed by atoms with van der Waals surface area (Å²) in [6.45, 7) is 0. The highest BCUT2D eigenvalue weighted by atomic mass is 32.2. The van der Waals surface area contributed by atoms with E-state index in [4.69, 9.17) is 12.2 Å². The first-order valence-corrected chi connectivity index (χ1v) is 14.3. The molecule has 3 aromatic carbocycles.